The number of halogens is 3. The summed E-state index contributed by atoms with van der Waals surface area (Å²) in [5.74, 6) is -0.136. The van der Waals surface area contributed by atoms with Crippen molar-refractivity contribution < 1.29 is 13.5 Å². The first-order valence-electron chi connectivity index (χ1n) is 7.71. The van der Waals surface area contributed by atoms with Crippen LogP contribution in [0.5, 0.6) is 5.88 Å². The Balaban J connectivity index is 1.86. The lowest BCUT2D eigenvalue weighted by molar-refractivity contribution is -0.0530. The second-order valence-corrected chi connectivity index (χ2v) is 5.97. The quantitative estimate of drug-likeness (QED) is 0.346. The molecule has 0 amide bonds. The first-order chi connectivity index (χ1) is 13.1. The van der Waals surface area contributed by atoms with Gasteiger partial charge in [0.25, 0.3) is 0 Å². The fourth-order valence-corrected chi connectivity index (χ4v) is 2.50. The van der Waals surface area contributed by atoms with E-state index in [1.54, 1.807) is 18.5 Å². The Morgan fingerprint density at radius 1 is 1.19 bits per heavy atom. The van der Waals surface area contributed by atoms with Crippen LogP contribution in [-0.2, 0) is 6.42 Å². The lowest BCUT2D eigenvalue weighted by atomic mass is 10.1. The summed E-state index contributed by atoms with van der Waals surface area (Å²) in [5, 5.41) is 4.35. The maximum Gasteiger partial charge on any atom is 0.388 e. The van der Waals surface area contributed by atoms with Gasteiger partial charge in [-0.25, -0.2) is 4.98 Å². The molecule has 0 bridgehead atoms. The van der Waals surface area contributed by atoms with Gasteiger partial charge in [-0.05, 0) is 40.2 Å². The average Bonchev–Trinajstić information content (AvgIpc) is 2.66. The molecular weight excluding hydrogens is 422 g/mol. The molecule has 3 rings (SSSR count). The number of aromatic nitrogens is 4. The summed E-state index contributed by atoms with van der Waals surface area (Å²) >= 11 is 3.33. The summed E-state index contributed by atoms with van der Waals surface area (Å²) in [6.07, 6.45) is 6.22. The van der Waals surface area contributed by atoms with Crippen LogP contribution in [0.15, 0.2) is 64.8 Å². The first-order valence-corrected chi connectivity index (χ1v) is 8.51. The van der Waals surface area contributed by atoms with Gasteiger partial charge in [-0.2, -0.15) is 18.9 Å². The van der Waals surface area contributed by atoms with Crippen LogP contribution in [0, 0.1) is 0 Å². The monoisotopic (exact) mass is 434 g/mol. The Labute approximate surface area is 161 Å². The minimum absolute atomic E-state index is 0.166. The molecule has 0 spiro atoms. The van der Waals surface area contributed by atoms with E-state index in [1.165, 1.54) is 6.20 Å². The number of ether oxygens (including phenoxy) is 1. The number of nitrogens with zero attached hydrogens (tertiary/aromatic N) is 5. The Hall–Kier alpha value is -3.01. The van der Waals surface area contributed by atoms with Gasteiger partial charge in [-0.1, -0.05) is 6.07 Å². The van der Waals surface area contributed by atoms with Crippen molar-refractivity contribution in [3.63, 3.8) is 0 Å². The highest BCUT2D eigenvalue weighted by molar-refractivity contribution is 9.10. The molecule has 10 heteroatoms. The van der Waals surface area contributed by atoms with E-state index < -0.39 is 6.61 Å². The lowest BCUT2D eigenvalue weighted by Crippen LogP contribution is -2.11. The van der Waals surface area contributed by atoms with Gasteiger partial charge in [0, 0.05) is 30.1 Å². The third-order valence-corrected chi connectivity index (χ3v) is 3.70. The van der Waals surface area contributed by atoms with Crippen molar-refractivity contribution >= 4 is 27.5 Å². The van der Waals surface area contributed by atoms with E-state index in [0.717, 1.165) is 17.5 Å². The number of alkyl halides is 2. The fourth-order valence-electron chi connectivity index (χ4n) is 2.14. The molecule has 0 aliphatic carbocycles. The Morgan fingerprint density at radius 2 is 2.07 bits per heavy atom. The predicted molar refractivity (Wildman–Crippen MR) is 98.7 cm³/mol. The SMILES string of the molecule is FC(F)Oc1cncc(NN=C(Cc2ccccn2)c2ccnc(Br)c2)n1. The number of pyridine rings is 2. The second-order valence-electron chi connectivity index (χ2n) is 5.16. The fraction of sp³-hybridized carbons (Fsp3) is 0.118. The molecule has 0 radical (unpaired) electrons. The predicted octanol–water partition coefficient (Wildman–Crippen LogP) is 3.69. The van der Waals surface area contributed by atoms with E-state index in [0.29, 0.717) is 16.7 Å². The molecule has 0 saturated carbocycles. The molecule has 27 heavy (non-hydrogen) atoms. The molecule has 7 nitrogen and oxygen atoms in total. The van der Waals surface area contributed by atoms with Crippen molar-refractivity contribution in [2.45, 2.75) is 13.0 Å². The molecule has 1 N–H and O–H groups in total. The lowest BCUT2D eigenvalue weighted by Gasteiger charge is -2.09. The molecule has 3 heterocycles. The number of hydrazone groups is 1. The van der Waals surface area contributed by atoms with E-state index in [4.69, 9.17) is 0 Å². The first kappa shape index (κ1) is 18.8. The highest BCUT2D eigenvalue weighted by atomic mass is 79.9. The smallest absolute Gasteiger partial charge is 0.388 e. The van der Waals surface area contributed by atoms with Gasteiger partial charge in [0.15, 0.2) is 5.82 Å². The largest absolute Gasteiger partial charge is 0.415 e. The molecular formula is C17H13BrF2N6O. The molecule has 0 fully saturated rings. The van der Waals surface area contributed by atoms with Crippen LogP contribution in [0.4, 0.5) is 14.6 Å². The second kappa shape index (κ2) is 9.08. The van der Waals surface area contributed by atoms with Gasteiger partial charge in [-0.3, -0.25) is 15.4 Å². The molecule has 0 aliphatic rings. The van der Waals surface area contributed by atoms with Crippen molar-refractivity contribution in [3.8, 4) is 5.88 Å². The molecule has 0 saturated heterocycles. The topological polar surface area (TPSA) is 85.2 Å². The third-order valence-electron chi connectivity index (χ3n) is 3.26. The molecule has 3 aromatic heterocycles. The molecule has 0 aliphatic heterocycles. The summed E-state index contributed by atoms with van der Waals surface area (Å²) in [6.45, 7) is -2.98. The molecule has 0 atom stereocenters. The normalized spacial score (nSPS) is 11.5. The van der Waals surface area contributed by atoms with E-state index in [1.807, 2.05) is 24.3 Å². The Morgan fingerprint density at radius 3 is 2.81 bits per heavy atom. The van der Waals surface area contributed by atoms with Gasteiger partial charge >= 0.3 is 6.61 Å². The van der Waals surface area contributed by atoms with Crippen LogP contribution in [0.25, 0.3) is 0 Å². The Bertz CT molecular complexity index is 926. The van der Waals surface area contributed by atoms with Crippen molar-refractivity contribution in [1.29, 1.82) is 0 Å². The highest BCUT2D eigenvalue weighted by Gasteiger charge is 2.09. The molecule has 3 aromatic rings. The maximum absolute atomic E-state index is 12.3. The minimum atomic E-state index is -2.98. The van der Waals surface area contributed by atoms with Gasteiger partial charge in [-0.15, -0.1) is 0 Å². The van der Waals surface area contributed by atoms with E-state index in [9.17, 15) is 8.78 Å². The van der Waals surface area contributed by atoms with Crippen molar-refractivity contribution in [1.82, 2.24) is 19.9 Å². The summed E-state index contributed by atoms with van der Waals surface area (Å²) < 4.78 is 29.5. The number of hydrogen-bond acceptors (Lipinski definition) is 7. The summed E-state index contributed by atoms with van der Waals surface area (Å²) in [4.78, 5) is 16.1. The van der Waals surface area contributed by atoms with Crippen LogP contribution in [-0.4, -0.2) is 32.3 Å². The van der Waals surface area contributed by atoms with E-state index in [2.05, 4.69) is 51.1 Å². The standard InChI is InChI=1S/C17H13BrF2N6O/c18-14-7-11(4-6-23-14)13(8-12-3-1-2-5-22-12)25-26-15-9-21-10-16(24-15)27-17(19)20/h1-7,9-10,17H,8H2,(H,24,26). The average molecular weight is 435 g/mol. The van der Waals surface area contributed by atoms with Crippen molar-refractivity contribution in [2.24, 2.45) is 5.10 Å². The zero-order valence-electron chi connectivity index (χ0n) is 13.8. The van der Waals surface area contributed by atoms with Crippen LogP contribution in [0.3, 0.4) is 0 Å². The molecule has 0 aromatic carbocycles. The number of nitrogens with one attached hydrogen (secondary N) is 1. The van der Waals surface area contributed by atoms with Gasteiger partial charge in [0.1, 0.15) is 4.60 Å². The molecule has 138 valence electrons. The summed E-state index contributed by atoms with van der Waals surface area (Å²) in [7, 11) is 0. The van der Waals surface area contributed by atoms with Gasteiger partial charge in [0.05, 0.1) is 18.1 Å². The summed E-state index contributed by atoms with van der Waals surface area (Å²) in [5.41, 5.74) is 4.99. The highest BCUT2D eigenvalue weighted by Crippen LogP contribution is 2.14. The zero-order valence-corrected chi connectivity index (χ0v) is 15.3. The third kappa shape index (κ3) is 5.74. The maximum atomic E-state index is 12.3. The van der Waals surface area contributed by atoms with Crippen molar-refractivity contribution in [3.05, 3.63) is 71.0 Å². The summed E-state index contributed by atoms with van der Waals surface area (Å²) in [6, 6.07) is 9.20. The van der Waals surface area contributed by atoms with Crippen molar-refractivity contribution in [2.75, 3.05) is 5.43 Å². The van der Waals surface area contributed by atoms with Gasteiger partial charge < -0.3 is 4.74 Å². The number of anilines is 1. The van der Waals surface area contributed by atoms with E-state index in [-0.39, 0.29) is 11.7 Å². The zero-order chi connectivity index (χ0) is 19.1. The Kier molecular flexibility index (Phi) is 6.31. The van der Waals surface area contributed by atoms with E-state index >= 15 is 0 Å². The number of rotatable bonds is 7. The number of hydrogen-bond donors (Lipinski definition) is 1. The van der Waals surface area contributed by atoms with Crippen LogP contribution in [0.2, 0.25) is 0 Å². The van der Waals surface area contributed by atoms with Crippen LogP contribution < -0.4 is 10.2 Å². The molecule has 0 unspecified atom stereocenters. The van der Waals surface area contributed by atoms with Crippen LogP contribution in [0.1, 0.15) is 11.3 Å². The minimum Gasteiger partial charge on any atom is -0.415 e. The van der Waals surface area contributed by atoms with Crippen LogP contribution >= 0.6 is 15.9 Å². The van der Waals surface area contributed by atoms with Gasteiger partial charge in [0.2, 0.25) is 5.88 Å².